The average Bonchev–Trinajstić information content (AvgIpc) is 3.21. The fourth-order valence-electron chi connectivity index (χ4n) is 6.45. The van der Waals surface area contributed by atoms with Gasteiger partial charge in [-0.05, 0) is 68.9 Å². The van der Waals surface area contributed by atoms with Crippen molar-refractivity contribution in [2.75, 3.05) is 0 Å². The number of rotatable bonds is 5. The van der Waals surface area contributed by atoms with Gasteiger partial charge in [-0.1, -0.05) is 32.8 Å². The maximum atomic E-state index is 13.1. The standard InChI is InChI=1S/C25H30O4/c1-3-5-7-8-19-17-11-10-16-15-12-13-25(22(16)21(17)24(27)28-19)18(14-15)23(26)29-20(25)9-6-4-2/h8-9,14-16,22H,3-7,10-13H2,1-2H3/b19-8-,20-9?/t15-,16-,22+,25+/m0/s1. The van der Waals surface area contributed by atoms with Gasteiger partial charge in [-0.3, -0.25) is 0 Å². The molecular weight excluding hydrogens is 364 g/mol. The van der Waals surface area contributed by atoms with E-state index < -0.39 is 5.41 Å². The molecule has 0 aromatic heterocycles. The first-order chi connectivity index (χ1) is 14.1. The molecule has 0 aromatic carbocycles. The lowest BCUT2D eigenvalue weighted by atomic mass is 9.47. The molecule has 2 bridgehead atoms. The fraction of sp³-hybridized carbons (Fsp3) is 0.600. The van der Waals surface area contributed by atoms with Gasteiger partial charge in [0.05, 0.1) is 5.41 Å². The monoisotopic (exact) mass is 394 g/mol. The second kappa shape index (κ2) is 7.00. The van der Waals surface area contributed by atoms with Crippen LogP contribution in [0.1, 0.15) is 71.6 Å². The number of carbonyl (C=O) groups excluding carboxylic acids is 2. The van der Waals surface area contributed by atoms with Crippen LogP contribution in [-0.4, -0.2) is 11.9 Å². The fourth-order valence-corrected chi connectivity index (χ4v) is 6.45. The van der Waals surface area contributed by atoms with Crippen molar-refractivity contribution < 1.29 is 19.1 Å². The number of unbranched alkanes of at least 4 members (excludes halogenated alkanes) is 3. The number of cyclic esters (lactones) is 2. The van der Waals surface area contributed by atoms with Gasteiger partial charge in [0.25, 0.3) is 0 Å². The van der Waals surface area contributed by atoms with E-state index in [4.69, 9.17) is 9.47 Å². The van der Waals surface area contributed by atoms with Gasteiger partial charge in [0, 0.05) is 22.6 Å². The minimum absolute atomic E-state index is 0.0177. The lowest BCUT2D eigenvalue weighted by Gasteiger charge is -2.54. The number of ether oxygens (including phenoxy) is 2. The van der Waals surface area contributed by atoms with E-state index >= 15 is 0 Å². The van der Waals surface area contributed by atoms with E-state index in [1.54, 1.807) is 0 Å². The molecule has 1 spiro atoms. The third-order valence-corrected chi connectivity index (χ3v) is 7.69. The summed E-state index contributed by atoms with van der Waals surface area (Å²) in [5.41, 5.74) is 2.30. The van der Waals surface area contributed by atoms with Crippen LogP contribution in [0.2, 0.25) is 0 Å². The van der Waals surface area contributed by atoms with Gasteiger partial charge in [-0.25, -0.2) is 9.59 Å². The number of esters is 2. The van der Waals surface area contributed by atoms with E-state index in [1.807, 2.05) is 0 Å². The Morgan fingerprint density at radius 3 is 2.72 bits per heavy atom. The zero-order valence-electron chi connectivity index (χ0n) is 17.5. The van der Waals surface area contributed by atoms with Crippen molar-refractivity contribution in [1.29, 1.82) is 0 Å². The summed E-state index contributed by atoms with van der Waals surface area (Å²) in [7, 11) is 0. The predicted octanol–water partition coefficient (Wildman–Crippen LogP) is 5.52. The van der Waals surface area contributed by atoms with Crippen molar-refractivity contribution in [3.05, 3.63) is 46.5 Å². The lowest BCUT2D eigenvalue weighted by molar-refractivity contribution is -0.135. The zero-order valence-corrected chi connectivity index (χ0v) is 17.5. The van der Waals surface area contributed by atoms with Crippen LogP contribution in [0.4, 0.5) is 0 Å². The van der Waals surface area contributed by atoms with Crippen LogP contribution in [0.5, 0.6) is 0 Å². The Morgan fingerprint density at radius 2 is 1.93 bits per heavy atom. The Morgan fingerprint density at radius 1 is 1.07 bits per heavy atom. The van der Waals surface area contributed by atoms with Gasteiger partial charge in [0.2, 0.25) is 0 Å². The Labute approximate surface area is 172 Å². The Hall–Kier alpha value is -2.10. The normalized spacial score (nSPS) is 37.4. The van der Waals surface area contributed by atoms with Crippen molar-refractivity contribution in [3.63, 3.8) is 0 Å². The summed E-state index contributed by atoms with van der Waals surface area (Å²) in [5.74, 6) is 1.97. The van der Waals surface area contributed by atoms with Crippen LogP contribution < -0.4 is 0 Å². The first-order valence-corrected chi connectivity index (χ1v) is 11.4. The van der Waals surface area contributed by atoms with Gasteiger partial charge in [-0.2, -0.15) is 0 Å². The van der Waals surface area contributed by atoms with E-state index in [0.29, 0.717) is 11.8 Å². The number of carbonyl (C=O) groups is 2. The Bertz CT molecular complexity index is 886. The Kier molecular flexibility index (Phi) is 4.56. The molecule has 2 fully saturated rings. The summed E-state index contributed by atoms with van der Waals surface area (Å²) in [6.07, 6.45) is 15.4. The van der Waals surface area contributed by atoms with Gasteiger partial charge < -0.3 is 9.47 Å². The maximum absolute atomic E-state index is 13.1. The molecule has 154 valence electrons. The molecule has 6 rings (SSSR count). The summed E-state index contributed by atoms with van der Waals surface area (Å²) in [4.78, 5) is 25.9. The minimum Gasteiger partial charge on any atom is -0.427 e. The molecule has 2 heterocycles. The van der Waals surface area contributed by atoms with E-state index in [0.717, 1.165) is 86.0 Å². The molecule has 2 aliphatic heterocycles. The van der Waals surface area contributed by atoms with E-state index in [2.05, 4.69) is 32.1 Å². The smallest absolute Gasteiger partial charge is 0.340 e. The first kappa shape index (κ1) is 18.9. The zero-order chi connectivity index (χ0) is 20.2. The molecule has 4 aliphatic carbocycles. The summed E-state index contributed by atoms with van der Waals surface area (Å²) in [6.45, 7) is 4.30. The average molecular weight is 395 g/mol. The molecule has 6 aliphatic rings. The number of allylic oxidation sites excluding steroid dienone is 5. The number of fused-ring (bicyclic) bond motifs is 1. The van der Waals surface area contributed by atoms with Gasteiger partial charge in [-0.15, -0.1) is 0 Å². The van der Waals surface area contributed by atoms with Crippen molar-refractivity contribution in [2.24, 2.45) is 23.2 Å². The molecule has 0 radical (unpaired) electrons. The predicted molar refractivity (Wildman–Crippen MR) is 109 cm³/mol. The van der Waals surface area contributed by atoms with Gasteiger partial charge >= 0.3 is 11.9 Å². The van der Waals surface area contributed by atoms with Crippen LogP contribution in [0.15, 0.2) is 46.5 Å². The van der Waals surface area contributed by atoms with Crippen molar-refractivity contribution in [2.45, 2.75) is 71.6 Å². The number of hydrogen-bond donors (Lipinski definition) is 0. The van der Waals surface area contributed by atoms with E-state index in [9.17, 15) is 9.59 Å². The molecular formula is C25H30O4. The second-order valence-corrected chi connectivity index (χ2v) is 9.17. The third-order valence-electron chi connectivity index (χ3n) is 7.69. The summed E-state index contributed by atoms with van der Waals surface area (Å²) in [5, 5.41) is 0. The maximum Gasteiger partial charge on any atom is 0.340 e. The van der Waals surface area contributed by atoms with Crippen molar-refractivity contribution in [1.82, 2.24) is 0 Å². The van der Waals surface area contributed by atoms with Gasteiger partial charge in [0.15, 0.2) is 0 Å². The van der Waals surface area contributed by atoms with Crippen LogP contribution >= 0.6 is 0 Å². The molecule has 0 aromatic rings. The van der Waals surface area contributed by atoms with Crippen molar-refractivity contribution in [3.8, 4) is 0 Å². The molecule has 29 heavy (non-hydrogen) atoms. The molecule has 0 amide bonds. The van der Waals surface area contributed by atoms with Gasteiger partial charge in [0.1, 0.15) is 11.5 Å². The SMILES string of the molecule is CCCC=C1OC(=O)C2=C[C@@H]3CC[C@]12[C@H]1C2=C(CC[C@@H]31)/C(=C/CCCC)OC2=O. The highest BCUT2D eigenvalue weighted by Gasteiger charge is 2.66. The highest BCUT2D eigenvalue weighted by molar-refractivity contribution is 5.99. The van der Waals surface area contributed by atoms with Crippen LogP contribution in [0.25, 0.3) is 0 Å². The molecule has 1 saturated carbocycles. The first-order valence-electron chi connectivity index (χ1n) is 11.4. The van der Waals surface area contributed by atoms with E-state index in [-0.39, 0.29) is 17.9 Å². The summed E-state index contributed by atoms with van der Waals surface area (Å²) < 4.78 is 11.6. The van der Waals surface area contributed by atoms with Crippen LogP contribution in [0, 0.1) is 23.2 Å². The quantitative estimate of drug-likeness (QED) is 0.455. The molecule has 0 N–H and O–H groups in total. The molecule has 4 atom stereocenters. The molecule has 4 nitrogen and oxygen atoms in total. The van der Waals surface area contributed by atoms with Crippen LogP contribution in [0.3, 0.4) is 0 Å². The summed E-state index contributed by atoms with van der Waals surface area (Å²) >= 11 is 0. The summed E-state index contributed by atoms with van der Waals surface area (Å²) in [6, 6.07) is 0. The Balaban J connectivity index is 1.63. The van der Waals surface area contributed by atoms with Crippen molar-refractivity contribution >= 4 is 11.9 Å². The largest absolute Gasteiger partial charge is 0.427 e. The second-order valence-electron chi connectivity index (χ2n) is 9.17. The molecule has 4 heteroatoms. The topological polar surface area (TPSA) is 52.6 Å². The molecule has 0 unspecified atom stereocenters. The molecule has 1 saturated heterocycles. The highest BCUT2D eigenvalue weighted by Crippen LogP contribution is 2.68. The lowest BCUT2D eigenvalue weighted by Crippen LogP contribution is -2.50. The highest BCUT2D eigenvalue weighted by atomic mass is 16.5. The van der Waals surface area contributed by atoms with Crippen LogP contribution in [-0.2, 0) is 19.1 Å². The number of hydrogen-bond acceptors (Lipinski definition) is 4. The van der Waals surface area contributed by atoms with E-state index in [1.165, 1.54) is 0 Å². The minimum atomic E-state index is -0.454. The third kappa shape index (κ3) is 2.57.